The summed E-state index contributed by atoms with van der Waals surface area (Å²) in [5.74, 6) is 11.8. The lowest BCUT2D eigenvalue weighted by Gasteiger charge is -2.13. The molecule has 0 aromatic heterocycles. The van der Waals surface area contributed by atoms with E-state index in [1.165, 1.54) is 0 Å². The van der Waals surface area contributed by atoms with Crippen LogP contribution in [0.4, 0.5) is 0 Å². The van der Waals surface area contributed by atoms with E-state index in [1.807, 2.05) is 6.92 Å². The first-order chi connectivity index (χ1) is 9.24. The Bertz CT molecular complexity index is 318. The average Bonchev–Trinajstić information content (AvgIpc) is 2.42. The molecule has 0 heterocycles. The topological polar surface area (TPSA) is 30.9 Å². The van der Waals surface area contributed by atoms with Crippen molar-refractivity contribution in [2.75, 3.05) is 46.8 Å². The highest BCUT2D eigenvalue weighted by Crippen LogP contribution is 1.90. The summed E-state index contributed by atoms with van der Waals surface area (Å²) in [5, 5.41) is 0. The van der Waals surface area contributed by atoms with Crippen LogP contribution in [-0.2, 0) is 14.2 Å². The fourth-order valence-electron chi connectivity index (χ4n) is 1.21. The Kier molecular flexibility index (Phi) is 12.7. The van der Waals surface area contributed by atoms with Crippen LogP contribution in [-0.4, -0.2) is 57.8 Å². The van der Waals surface area contributed by atoms with E-state index >= 15 is 0 Å². The van der Waals surface area contributed by atoms with Crippen molar-refractivity contribution in [3.63, 3.8) is 0 Å². The molecule has 0 N–H and O–H groups in total. The molecule has 19 heavy (non-hydrogen) atoms. The zero-order valence-electron chi connectivity index (χ0n) is 12.5. The Balaban J connectivity index is 3.62. The zero-order chi connectivity index (χ0) is 14.3. The molecule has 0 aliphatic carbocycles. The average molecular weight is 267 g/mol. The van der Waals surface area contributed by atoms with Crippen molar-refractivity contribution in [2.24, 2.45) is 0 Å². The van der Waals surface area contributed by atoms with Crippen molar-refractivity contribution in [3.05, 3.63) is 0 Å². The summed E-state index contributed by atoms with van der Waals surface area (Å²) < 4.78 is 15.4. The SMILES string of the molecule is CCN(CC)CC#C[C@H](C)OCOCC#CCOC. The van der Waals surface area contributed by atoms with Gasteiger partial charge in [0.1, 0.15) is 26.1 Å². The Morgan fingerprint density at radius 3 is 2.37 bits per heavy atom. The highest BCUT2D eigenvalue weighted by molar-refractivity contribution is 5.05. The standard InChI is InChI=1S/C15H25NO3/c1-5-16(6-2)11-9-10-15(3)19-14-18-13-8-7-12-17-4/h15H,5-6,11-14H2,1-4H3/t15-/m0/s1. The lowest BCUT2D eigenvalue weighted by molar-refractivity contribution is -0.0573. The van der Waals surface area contributed by atoms with Crippen LogP contribution in [0.25, 0.3) is 0 Å². The minimum atomic E-state index is -0.123. The summed E-state index contributed by atoms with van der Waals surface area (Å²) in [7, 11) is 1.61. The van der Waals surface area contributed by atoms with Gasteiger partial charge in [-0.15, -0.1) is 0 Å². The van der Waals surface area contributed by atoms with Crippen molar-refractivity contribution in [2.45, 2.75) is 26.9 Å². The van der Waals surface area contributed by atoms with Gasteiger partial charge in [-0.1, -0.05) is 37.5 Å². The van der Waals surface area contributed by atoms with E-state index in [9.17, 15) is 0 Å². The molecule has 4 nitrogen and oxygen atoms in total. The molecule has 4 heteroatoms. The predicted octanol–water partition coefficient (Wildman–Crippen LogP) is 1.36. The van der Waals surface area contributed by atoms with Crippen molar-refractivity contribution in [1.29, 1.82) is 0 Å². The maximum atomic E-state index is 5.38. The zero-order valence-corrected chi connectivity index (χ0v) is 12.5. The van der Waals surface area contributed by atoms with Gasteiger partial charge in [-0.05, 0) is 20.0 Å². The van der Waals surface area contributed by atoms with Crippen LogP contribution in [0, 0.1) is 23.7 Å². The van der Waals surface area contributed by atoms with Gasteiger partial charge in [0.05, 0.1) is 6.54 Å². The number of rotatable bonds is 8. The summed E-state index contributed by atoms with van der Waals surface area (Å²) in [4.78, 5) is 2.25. The molecule has 0 aromatic rings. The second-order valence-corrected chi connectivity index (χ2v) is 3.84. The van der Waals surface area contributed by atoms with Gasteiger partial charge in [0.2, 0.25) is 0 Å². The van der Waals surface area contributed by atoms with Crippen molar-refractivity contribution < 1.29 is 14.2 Å². The molecule has 0 spiro atoms. The molecule has 0 aromatic carbocycles. The minimum absolute atomic E-state index is 0.123. The minimum Gasteiger partial charge on any atom is -0.372 e. The lowest BCUT2D eigenvalue weighted by Crippen LogP contribution is -2.23. The van der Waals surface area contributed by atoms with E-state index in [0.29, 0.717) is 13.2 Å². The largest absolute Gasteiger partial charge is 0.372 e. The number of nitrogens with zero attached hydrogens (tertiary/aromatic N) is 1. The van der Waals surface area contributed by atoms with E-state index in [-0.39, 0.29) is 12.9 Å². The van der Waals surface area contributed by atoms with Crippen molar-refractivity contribution >= 4 is 0 Å². The van der Waals surface area contributed by atoms with Crippen LogP contribution < -0.4 is 0 Å². The smallest absolute Gasteiger partial charge is 0.149 e. The van der Waals surface area contributed by atoms with Crippen LogP contribution in [0.3, 0.4) is 0 Å². The van der Waals surface area contributed by atoms with Gasteiger partial charge >= 0.3 is 0 Å². The molecule has 0 aliphatic rings. The van der Waals surface area contributed by atoms with Crippen LogP contribution in [0.2, 0.25) is 0 Å². The molecule has 0 rings (SSSR count). The Labute approximate surface area is 117 Å². The summed E-state index contributed by atoms with van der Waals surface area (Å²) in [6, 6.07) is 0. The first kappa shape index (κ1) is 18.0. The maximum Gasteiger partial charge on any atom is 0.149 e. The quantitative estimate of drug-likeness (QED) is 0.377. The van der Waals surface area contributed by atoms with E-state index < -0.39 is 0 Å². The van der Waals surface area contributed by atoms with Gasteiger partial charge in [0.15, 0.2) is 0 Å². The summed E-state index contributed by atoms with van der Waals surface area (Å²) in [6.07, 6.45) is -0.123. The van der Waals surface area contributed by atoms with E-state index in [1.54, 1.807) is 7.11 Å². The highest BCUT2D eigenvalue weighted by Gasteiger charge is 1.97. The van der Waals surface area contributed by atoms with E-state index in [4.69, 9.17) is 14.2 Å². The normalized spacial score (nSPS) is 11.4. The van der Waals surface area contributed by atoms with Gasteiger partial charge in [-0.3, -0.25) is 4.90 Å². The van der Waals surface area contributed by atoms with E-state index in [0.717, 1.165) is 19.6 Å². The summed E-state index contributed by atoms with van der Waals surface area (Å²) >= 11 is 0. The number of ether oxygens (including phenoxy) is 3. The maximum absolute atomic E-state index is 5.38. The number of methoxy groups -OCH3 is 1. The number of hydrogen-bond donors (Lipinski definition) is 0. The second kappa shape index (κ2) is 13.4. The molecular weight excluding hydrogens is 242 g/mol. The molecule has 0 amide bonds. The number of hydrogen-bond acceptors (Lipinski definition) is 4. The summed E-state index contributed by atoms with van der Waals surface area (Å²) in [6.45, 7) is 9.98. The van der Waals surface area contributed by atoms with Crippen molar-refractivity contribution in [3.8, 4) is 23.7 Å². The third kappa shape index (κ3) is 11.8. The molecule has 0 saturated heterocycles. The molecule has 1 atom stereocenters. The van der Waals surface area contributed by atoms with Gasteiger partial charge in [0, 0.05) is 7.11 Å². The van der Waals surface area contributed by atoms with E-state index in [2.05, 4.69) is 42.4 Å². The second-order valence-electron chi connectivity index (χ2n) is 3.84. The van der Waals surface area contributed by atoms with Gasteiger partial charge in [-0.2, -0.15) is 0 Å². The molecule has 0 unspecified atom stereocenters. The van der Waals surface area contributed by atoms with Crippen LogP contribution in [0.1, 0.15) is 20.8 Å². The molecule has 0 fully saturated rings. The van der Waals surface area contributed by atoms with Gasteiger partial charge in [0.25, 0.3) is 0 Å². The molecule has 0 aliphatic heterocycles. The lowest BCUT2D eigenvalue weighted by atomic mass is 10.4. The first-order valence-corrected chi connectivity index (χ1v) is 6.59. The molecular formula is C15H25NO3. The Morgan fingerprint density at radius 1 is 1.05 bits per heavy atom. The summed E-state index contributed by atoms with van der Waals surface area (Å²) in [5.41, 5.74) is 0. The fourth-order valence-corrected chi connectivity index (χ4v) is 1.21. The van der Waals surface area contributed by atoms with Crippen LogP contribution in [0.5, 0.6) is 0 Å². The van der Waals surface area contributed by atoms with Gasteiger partial charge < -0.3 is 14.2 Å². The van der Waals surface area contributed by atoms with Crippen LogP contribution in [0.15, 0.2) is 0 Å². The Hall–Kier alpha value is -1.04. The third-order valence-corrected chi connectivity index (χ3v) is 2.42. The Morgan fingerprint density at radius 2 is 1.74 bits per heavy atom. The molecule has 0 bridgehead atoms. The third-order valence-electron chi connectivity index (χ3n) is 2.42. The molecule has 0 radical (unpaired) electrons. The van der Waals surface area contributed by atoms with Gasteiger partial charge in [-0.25, -0.2) is 0 Å². The monoisotopic (exact) mass is 267 g/mol. The highest BCUT2D eigenvalue weighted by atomic mass is 16.7. The van der Waals surface area contributed by atoms with Crippen molar-refractivity contribution in [1.82, 2.24) is 4.90 Å². The first-order valence-electron chi connectivity index (χ1n) is 6.59. The predicted molar refractivity (Wildman–Crippen MR) is 76.6 cm³/mol. The fraction of sp³-hybridized carbons (Fsp3) is 0.733. The molecule has 0 saturated carbocycles. The molecule has 108 valence electrons. The van der Waals surface area contributed by atoms with Crippen LogP contribution >= 0.6 is 0 Å².